The van der Waals surface area contributed by atoms with Gasteiger partial charge in [0.1, 0.15) is 11.9 Å². The van der Waals surface area contributed by atoms with E-state index in [-0.39, 0.29) is 32.9 Å². The van der Waals surface area contributed by atoms with Gasteiger partial charge in [-0.05, 0) is 55.7 Å². The third kappa shape index (κ3) is 7.69. The molecule has 1 fully saturated rings. The SMILES string of the molecule is NNC(=O)c1cc(-c2ccc(C#Cc3ccc(C(=O)N4CCCC[C@H]4C(=O)O)cc3Cl)cc2)nc2cc(NS(=O)(=O)CC(=O)O)ncc12. The number of hydrogen-bond donors (Lipinski definition) is 5. The number of benzene rings is 2. The molecule has 16 heteroatoms. The first-order chi connectivity index (χ1) is 22.8. The molecule has 1 atom stereocenters. The largest absolute Gasteiger partial charge is 0.480 e. The number of nitrogen functional groups attached to an aromatic ring is 1. The standard InChI is InChI=1S/C32H27ClN6O8S/c33-24-13-21(31(43)39-12-2-1-3-27(39)32(44)45)11-10-19(24)7-4-18-5-8-20(9-6-18)25-14-22(30(42)37-34)23-16-35-28(15-26(23)36-25)38-48(46,47)17-29(40)41/h5-6,8-11,13-16,27H,1-3,12,17,34H2,(H,35,38)(H,37,42)(H,40,41)(H,44,45)/t27-/m0/s1. The Hall–Kier alpha value is -5.56. The van der Waals surface area contributed by atoms with Crippen molar-refractivity contribution in [1.29, 1.82) is 0 Å². The van der Waals surface area contributed by atoms with E-state index in [4.69, 9.17) is 22.6 Å². The maximum atomic E-state index is 13.0. The number of nitrogens with zero attached hydrogens (tertiary/aromatic N) is 3. The molecule has 2 aromatic carbocycles. The zero-order valence-electron chi connectivity index (χ0n) is 24.9. The van der Waals surface area contributed by atoms with Gasteiger partial charge >= 0.3 is 11.9 Å². The Labute approximate surface area is 279 Å². The Balaban J connectivity index is 1.39. The number of pyridine rings is 2. The number of carbonyl (C=O) groups is 4. The van der Waals surface area contributed by atoms with Crippen LogP contribution in [-0.2, 0) is 19.6 Å². The van der Waals surface area contributed by atoms with E-state index in [0.29, 0.717) is 35.3 Å². The van der Waals surface area contributed by atoms with E-state index in [0.717, 1.165) is 12.8 Å². The topological polar surface area (TPSA) is 222 Å². The van der Waals surface area contributed by atoms with E-state index in [9.17, 15) is 32.7 Å². The van der Waals surface area contributed by atoms with E-state index < -0.39 is 45.6 Å². The lowest BCUT2D eigenvalue weighted by Gasteiger charge is -2.33. The summed E-state index contributed by atoms with van der Waals surface area (Å²) in [5.41, 5.74) is 4.62. The predicted octanol–water partition coefficient (Wildman–Crippen LogP) is 2.86. The molecule has 1 aliphatic rings. The van der Waals surface area contributed by atoms with Crippen molar-refractivity contribution in [3.8, 4) is 23.1 Å². The summed E-state index contributed by atoms with van der Waals surface area (Å²) >= 11 is 6.44. The molecule has 0 bridgehead atoms. The van der Waals surface area contributed by atoms with Gasteiger partial charge in [0.05, 0.1) is 21.8 Å². The number of carboxylic acid groups (broad SMARTS) is 2. The molecule has 4 aromatic rings. The summed E-state index contributed by atoms with van der Waals surface area (Å²) in [6.07, 6.45) is 3.09. The van der Waals surface area contributed by atoms with Gasteiger partial charge < -0.3 is 15.1 Å². The molecule has 48 heavy (non-hydrogen) atoms. The Morgan fingerprint density at radius 2 is 1.77 bits per heavy atom. The number of rotatable bonds is 8. The number of halogens is 1. The van der Waals surface area contributed by atoms with Gasteiger partial charge in [0, 0.05) is 46.4 Å². The monoisotopic (exact) mass is 690 g/mol. The maximum absolute atomic E-state index is 13.0. The van der Waals surface area contributed by atoms with Crippen LogP contribution in [0.5, 0.6) is 0 Å². The third-order valence-corrected chi connectivity index (χ3v) is 8.89. The zero-order valence-corrected chi connectivity index (χ0v) is 26.5. The number of fused-ring (bicyclic) bond motifs is 1. The molecular formula is C32H27ClN6O8S. The van der Waals surface area contributed by atoms with Crippen LogP contribution in [0.1, 0.15) is 51.1 Å². The molecule has 0 aliphatic carbocycles. The van der Waals surface area contributed by atoms with Crippen molar-refractivity contribution in [2.45, 2.75) is 25.3 Å². The van der Waals surface area contributed by atoms with E-state index in [1.807, 2.05) is 0 Å². The molecule has 1 saturated heterocycles. The summed E-state index contributed by atoms with van der Waals surface area (Å²) in [6, 6.07) is 13.4. The van der Waals surface area contributed by atoms with Gasteiger partial charge in [-0.3, -0.25) is 24.5 Å². The molecular weight excluding hydrogens is 664 g/mol. The van der Waals surface area contributed by atoms with E-state index >= 15 is 0 Å². The quantitative estimate of drug-likeness (QED) is 0.0782. The average Bonchev–Trinajstić information content (AvgIpc) is 3.05. The first-order valence-electron chi connectivity index (χ1n) is 14.3. The van der Waals surface area contributed by atoms with Gasteiger partial charge in [0.2, 0.25) is 10.0 Å². The number of piperidine rings is 1. The van der Waals surface area contributed by atoms with Crippen LogP contribution in [0.3, 0.4) is 0 Å². The highest BCUT2D eigenvalue weighted by Crippen LogP contribution is 2.27. The number of amides is 2. The van der Waals surface area contributed by atoms with Gasteiger partial charge in [-0.2, -0.15) is 0 Å². The lowest BCUT2D eigenvalue weighted by Crippen LogP contribution is -2.47. The Morgan fingerprint density at radius 1 is 1.02 bits per heavy atom. The lowest BCUT2D eigenvalue weighted by atomic mass is 10.0. The molecule has 0 unspecified atom stereocenters. The minimum absolute atomic E-state index is 0.115. The summed E-state index contributed by atoms with van der Waals surface area (Å²) in [6.45, 7) is 0.357. The van der Waals surface area contributed by atoms with Gasteiger partial charge in [-0.25, -0.2) is 29.0 Å². The number of likely N-dealkylation sites (tertiary alicyclic amines) is 1. The van der Waals surface area contributed by atoms with Crippen molar-refractivity contribution in [2.24, 2.45) is 5.84 Å². The normalized spacial score (nSPS) is 14.5. The highest BCUT2D eigenvalue weighted by atomic mass is 35.5. The number of nitrogens with one attached hydrogen (secondary N) is 2. The second-order valence-electron chi connectivity index (χ2n) is 10.7. The van der Waals surface area contributed by atoms with Crippen molar-refractivity contribution in [3.05, 3.63) is 88.1 Å². The second-order valence-corrected chi connectivity index (χ2v) is 12.9. The molecule has 6 N–H and O–H groups in total. The Bertz CT molecular complexity index is 2130. The van der Waals surface area contributed by atoms with Crippen molar-refractivity contribution in [2.75, 3.05) is 17.0 Å². The number of carboxylic acids is 2. The van der Waals surface area contributed by atoms with Crippen molar-refractivity contribution in [1.82, 2.24) is 20.3 Å². The molecule has 5 rings (SSSR count). The fourth-order valence-corrected chi connectivity index (χ4v) is 6.21. The van der Waals surface area contributed by atoms with Crippen molar-refractivity contribution in [3.63, 3.8) is 0 Å². The smallest absolute Gasteiger partial charge is 0.326 e. The molecule has 1 aliphatic heterocycles. The molecule has 2 aromatic heterocycles. The van der Waals surface area contributed by atoms with Gasteiger partial charge in [-0.15, -0.1) is 0 Å². The number of carbonyl (C=O) groups excluding carboxylic acids is 2. The number of sulfonamides is 1. The molecule has 0 spiro atoms. The van der Waals surface area contributed by atoms with Gasteiger partial charge in [-0.1, -0.05) is 35.6 Å². The Kier molecular flexibility index (Phi) is 9.89. The van der Waals surface area contributed by atoms with Gasteiger partial charge in [0.25, 0.3) is 11.8 Å². The van der Waals surface area contributed by atoms with Crippen LogP contribution in [0.25, 0.3) is 22.2 Å². The lowest BCUT2D eigenvalue weighted by molar-refractivity contribution is -0.143. The number of hydrazine groups is 1. The first kappa shape index (κ1) is 33.8. The second kappa shape index (κ2) is 14.1. The zero-order chi connectivity index (χ0) is 34.6. The fraction of sp³-hybridized carbons (Fsp3) is 0.188. The summed E-state index contributed by atoms with van der Waals surface area (Å²) in [5.74, 6) is 6.37. The van der Waals surface area contributed by atoms with Crippen LogP contribution in [0.2, 0.25) is 5.02 Å². The average molecular weight is 691 g/mol. The van der Waals surface area contributed by atoms with Crippen LogP contribution in [0.4, 0.5) is 5.82 Å². The van der Waals surface area contributed by atoms with E-state index in [1.165, 1.54) is 29.3 Å². The summed E-state index contributed by atoms with van der Waals surface area (Å²) in [4.78, 5) is 58.0. The van der Waals surface area contributed by atoms with Crippen LogP contribution in [0, 0.1) is 11.8 Å². The van der Waals surface area contributed by atoms with E-state index in [1.54, 1.807) is 36.4 Å². The van der Waals surface area contributed by atoms with Crippen LogP contribution in [0.15, 0.2) is 60.8 Å². The minimum Gasteiger partial charge on any atom is -0.480 e. The fourth-order valence-electron chi connectivity index (χ4n) is 5.16. The third-order valence-electron chi connectivity index (χ3n) is 7.43. The predicted molar refractivity (Wildman–Crippen MR) is 175 cm³/mol. The van der Waals surface area contributed by atoms with Crippen molar-refractivity contribution >= 4 is 62.1 Å². The number of hydrogen-bond acceptors (Lipinski definition) is 9. The molecule has 246 valence electrons. The highest BCUT2D eigenvalue weighted by Gasteiger charge is 2.32. The molecule has 0 radical (unpaired) electrons. The summed E-state index contributed by atoms with van der Waals surface area (Å²) in [5, 5.41) is 18.9. The summed E-state index contributed by atoms with van der Waals surface area (Å²) in [7, 11) is -4.24. The highest BCUT2D eigenvalue weighted by molar-refractivity contribution is 7.93. The number of aliphatic carboxylic acids is 2. The number of anilines is 1. The van der Waals surface area contributed by atoms with E-state index in [2.05, 4.69) is 32.0 Å². The van der Waals surface area contributed by atoms with Crippen molar-refractivity contribution < 1.29 is 37.8 Å². The number of aromatic nitrogens is 2. The van der Waals surface area contributed by atoms with Crippen LogP contribution >= 0.6 is 11.6 Å². The summed E-state index contributed by atoms with van der Waals surface area (Å²) < 4.78 is 26.3. The molecule has 3 heterocycles. The minimum atomic E-state index is -4.24. The van der Waals surface area contributed by atoms with Crippen LogP contribution in [-0.4, -0.2) is 75.6 Å². The van der Waals surface area contributed by atoms with Crippen LogP contribution < -0.4 is 16.0 Å². The maximum Gasteiger partial charge on any atom is 0.326 e. The van der Waals surface area contributed by atoms with Gasteiger partial charge in [0.15, 0.2) is 5.75 Å². The first-order valence-corrected chi connectivity index (χ1v) is 16.4. The Morgan fingerprint density at radius 3 is 2.44 bits per heavy atom. The molecule has 14 nitrogen and oxygen atoms in total. The molecule has 0 saturated carbocycles. The molecule has 2 amide bonds. The number of nitrogens with two attached hydrogens (primary N) is 1.